The number of hydrogen-bond acceptors (Lipinski definition) is 4. The van der Waals surface area contributed by atoms with Gasteiger partial charge in [-0.05, 0) is 25.3 Å². The SMILES string of the molecule is O=C(Nc1ccc([N+](=O)[O-])cc1F)NC1(C(=O)O)CCC1. The molecule has 1 aliphatic rings. The molecule has 0 spiro atoms. The zero-order valence-electron chi connectivity index (χ0n) is 10.8. The first kappa shape index (κ1) is 14.7. The van der Waals surface area contributed by atoms with Gasteiger partial charge in [0.1, 0.15) is 5.54 Å². The Bertz CT molecular complexity index is 615. The number of amides is 2. The number of non-ortho nitro benzene ring substituents is 1. The Morgan fingerprint density at radius 1 is 1.38 bits per heavy atom. The van der Waals surface area contributed by atoms with Gasteiger partial charge in [-0.2, -0.15) is 0 Å². The third-order valence-electron chi connectivity index (χ3n) is 3.38. The summed E-state index contributed by atoms with van der Waals surface area (Å²) >= 11 is 0. The van der Waals surface area contributed by atoms with Crippen LogP contribution in [0.15, 0.2) is 18.2 Å². The molecule has 1 aromatic carbocycles. The third kappa shape index (κ3) is 2.91. The lowest BCUT2D eigenvalue weighted by Gasteiger charge is -2.38. The van der Waals surface area contributed by atoms with Gasteiger partial charge in [-0.1, -0.05) is 0 Å². The van der Waals surface area contributed by atoms with Gasteiger partial charge in [-0.25, -0.2) is 14.0 Å². The Balaban J connectivity index is 2.06. The number of aliphatic carboxylic acids is 1. The molecule has 0 aliphatic heterocycles. The summed E-state index contributed by atoms with van der Waals surface area (Å²) in [5.41, 5.74) is -2.03. The number of hydrogen-bond donors (Lipinski definition) is 3. The van der Waals surface area contributed by atoms with Gasteiger partial charge in [0.15, 0.2) is 5.82 Å². The number of benzene rings is 1. The van der Waals surface area contributed by atoms with Crippen LogP contribution in [-0.4, -0.2) is 27.6 Å². The summed E-state index contributed by atoms with van der Waals surface area (Å²) in [4.78, 5) is 32.5. The van der Waals surface area contributed by atoms with E-state index >= 15 is 0 Å². The number of nitro groups is 1. The number of anilines is 1. The number of carbonyl (C=O) groups is 2. The average molecular weight is 297 g/mol. The summed E-state index contributed by atoms with van der Waals surface area (Å²) in [5, 5.41) is 24.0. The standard InChI is InChI=1S/C12H12FN3O5/c13-8-6-7(16(20)21)2-3-9(8)14-11(19)15-12(10(17)18)4-1-5-12/h2-3,6H,1,4-5H2,(H,17,18)(H2,14,15,19). The minimum atomic E-state index is -1.32. The van der Waals surface area contributed by atoms with Crippen LogP contribution in [0.2, 0.25) is 0 Å². The van der Waals surface area contributed by atoms with E-state index < -0.39 is 34.0 Å². The predicted molar refractivity (Wildman–Crippen MR) is 69.4 cm³/mol. The fraction of sp³-hybridized carbons (Fsp3) is 0.333. The summed E-state index contributed by atoms with van der Waals surface area (Å²) in [5.74, 6) is -2.12. The highest BCUT2D eigenvalue weighted by atomic mass is 19.1. The van der Waals surface area contributed by atoms with E-state index in [-0.39, 0.29) is 5.69 Å². The van der Waals surface area contributed by atoms with Gasteiger partial charge < -0.3 is 15.7 Å². The van der Waals surface area contributed by atoms with E-state index in [0.29, 0.717) is 25.3 Å². The number of rotatable bonds is 4. The molecule has 0 radical (unpaired) electrons. The van der Waals surface area contributed by atoms with Crippen LogP contribution in [0.3, 0.4) is 0 Å². The van der Waals surface area contributed by atoms with Gasteiger partial charge >= 0.3 is 12.0 Å². The molecule has 2 amide bonds. The molecule has 1 aliphatic carbocycles. The maximum atomic E-state index is 13.6. The van der Waals surface area contributed by atoms with E-state index in [1.54, 1.807) is 0 Å². The van der Waals surface area contributed by atoms with Gasteiger partial charge in [0, 0.05) is 6.07 Å². The normalized spacial score (nSPS) is 15.7. The fourth-order valence-corrected chi connectivity index (χ4v) is 2.01. The summed E-state index contributed by atoms with van der Waals surface area (Å²) < 4.78 is 13.6. The van der Waals surface area contributed by atoms with Crippen molar-refractivity contribution in [1.29, 1.82) is 0 Å². The molecule has 0 aromatic heterocycles. The van der Waals surface area contributed by atoms with Crippen molar-refractivity contribution in [3.63, 3.8) is 0 Å². The maximum absolute atomic E-state index is 13.6. The molecule has 1 aromatic rings. The molecule has 0 atom stereocenters. The van der Waals surface area contributed by atoms with Gasteiger partial charge in [0.25, 0.3) is 5.69 Å². The molecule has 1 fully saturated rings. The molecule has 0 heterocycles. The number of nitrogens with zero attached hydrogens (tertiary/aromatic N) is 1. The Morgan fingerprint density at radius 3 is 2.48 bits per heavy atom. The van der Waals surface area contributed by atoms with E-state index in [2.05, 4.69) is 10.6 Å². The highest BCUT2D eigenvalue weighted by molar-refractivity contribution is 5.94. The number of carbonyl (C=O) groups excluding carboxylic acids is 1. The quantitative estimate of drug-likeness (QED) is 0.578. The summed E-state index contributed by atoms with van der Waals surface area (Å²) in [6.45, 7) is 0. The van der Waals surface area contributed by atoms with E-state index in [9.17, 15) is 24.1 Å². The van der Waals surface area contributed by atoms with Crippen LogP contribution in [0.4, 0.5) is 20.6 Å². The van der Waals surface area contributed by atoms with Crippen LogP contribution in [0, 0.1) is 15.9 Å². The molecule has 8 nitrogen and oxygen atoms in total. The molecule has 3 N–H and O–H groups in total. The smallest absolute Gasteiger partial charge is 0.329 e. The number of carboxylic acids is 1. The van der Waals surface area contributed by atoms with Crippen LogP contribution >= 0.6 is 0 Å². The molecule has 112 valence electrons. The van der Waals surface area contributed by atoms with Crippen molar-refractivity contribution in [3.05, 3.63) is 34.1 Å². The number of carboxylic acid groups (broad SMARTS) is 1. The number of nitrogens with one attached hydrogen (secondary N) is 2. The van der Waals surface area contributed by atoms with Crippen LogP contribution in [0.25, 0.3) is 0 Å². The first-order valence-electron chi connectivity index (χ1n) is 6.10. The largest absolute Gasteiger partial charge is 0.480 e. The van der Waals surface area contributed by atoms with Gasteiger partial charge in [-0.15, -0.1) is 0 Å². The molecule has 0 bridgehead atoms. The molecule has 1 saturated carbocycles. The van der Waals surface area contributed by atoms with Crippen molar-refractivity contribution in [3.8, 4) is 0 Å². The maximum Gasteiger partial charge on any atom is 0.329 e. The lowest BCUT2D eigenvalue weighted by molar-refractivity contribution is -0.385. The minimum absolute atomic E-state index is 0.266. The zero-order valence-corrected chi connectivity index (χ0v) is 10.8. The first-order valence-corrected chi connectivity index (χ1v) is 6.10. The van der Waals surface area contributed by atoms with E-state index in [0.717, 1.165) is 12.1 Å². The average Bonchev–Trinajstić information content (AvgIpc) is 2.35. The lowest BCUT2D eigenvalue weighted by Crippen LogP contribution is -2.60. The second-order valence-electron chi connectivity index (χ2n) is 4.74. The molecule has 0 saturated heterocycles. The number of nitro benzene ring substituents is 1. The second kappa shape index (κ2) is 5.35. The van der Waals surface area contributed by atoms with Crippen molar-refractivity contribution in [2.24, 2.45) is 0 Å². The molecular weight excluding hydrogens is 285 g/mol. The third-order valence-corrected chi connectivity index (χ3v) is 3.38. The van der Waals surface area contributed by atoms with Crippen molar-refractivity contribution in [1.82, 2.24) is 5.32 Å². The highest BCUT2D eigenvalue weighted by Gasteiger charge is 2.45. The monoisotopic (exact) mass is 297 g/mol. The van der Waals surface area contributed by atoms with E-state index in [1.165, 1.54) is 0 Å². The predicted octanol–water partition coefficient (Wildman–Crippen LogP) is 1.86. The van der Waals surface area contributed by atoms with E-state index in [4.69, 9.17) is 5.11 Å². The van der Waals surface area contributed by atoms with Crippen LogP contribution in [0.5, 0.6) is 0 Å². The minimum Gasteiger partial charge on any atom is -0.480 e. The topological polar surface area (TPSA) is 122 Å². The zero-order chi connectivity index (χ0) is 15.6. The molecule has 2 rings (SSSR count). The molecule has 0 unspecified atom stereocenters. The van der Waals surface area contributed by atoms with Crippen molar-refractivity contribution >= 4 is 23.4 Å². The second-order valence-corrected chi connectivity index (χ2v) is 4.74. The Kier molecular flexibility index (Phi) is 3.74. The molecule has 21 heavy (non-hydrogen) atoms. The fourth-order valence-electron chi connectivity index (χ4n) is 2.01. The molecular formula is C12H12FN3O5. The number of urea groups is 1. The van der Waals surface area contributed by atoms with Crippen LogP contribution in [0.1, 0.15) is 19.3 Å². The van der Waals surface area contributed by atoms with Crippen molar-refractivity contribution < 1.29 is 24.0 Å². The van der Waals surface area contributed by atoms with Gasteiger partial charge in [0.2, 0.25) is 0 Å². The summed E-state index contributed by atoms with van der Waals surface area (Å²) in [7, 11) is 0. The lowest BCUT2D eigenvalue weighted by atomic mass is 9.77. The van der Waals surface area contributed by atoms with Crippen molar-refractivity contribution in [2.75, 3.05) is 5.32 Å². The molecule has 9 heteroatoms. The Morgan fingerprint density at radius 2 is 2.05 bits per heavy atom. The summed E-state index contributed by atoms with van der Waals surface area (Å²) in [6.07, 6.45) is 1.29. The number of halogens is 1. The van der Waals surface area contributed by atoms with Gasteiger partial charge in [-0.3, -0.25) is 10.1 Å². The van der Waals surface area contributed by atoms with Crippen LogP contribution in [-0.2, 0) is 4.79 Å². The van der Waals surface area contributed by atoms with Gasteiger partial charge in [0.05, 0.1) is 16.7 Å². The Hall–Kier alpha value is -2.71. The van der Waals surface area contributed by atoms with Crippen molar-refractivity contribution in [2.45, 2.75) is 24.8 Å². The Labute approximate surface area is 118 Å². The highest BCUT2D eigenvalue weighted by Crippen LogP contribution is 2.32. The van der Waals surface area contributed by atoms with Crippen LogP contribution < -0.4 is 10.6 Å². The first-order chi connectivity index (χ1) is 9.84. The summed E-state index contributed by atoms with van der Waals surface area (Å²) in [6, 6.07) is 1.88. The van der Waals surface area contributed by atoms with E-state index in [1.807, 2.05) is 0 Å².